The highest BCUT2D eigenvalue weighted by Gasteiger charge is 2.27. The number of aryl methyl sites for hydroxylation is 1. The molecule has 2 aliphatic carbocycles. The maximum atomic E-state index is 13.9. The number of hydrogen-bond donors (Lipinski definition) is 1. The Bertz CT molecular complexity index is 1940. The fraction of sp³-hybridized carbons (Fsp3) is 0.375. The number of amides is 1. The molecule has 2 saturated carbocycles. The van der Waals surface area contributed by atoms with E-state index in [0.29, 0.717) is 52.5 Å². The topological polar surface area (TPSA) is 104 Å². The molecule has 0 unspecified atom stereocenters. The van der Waals surface area contributed by atoms with Gasteiger partial charge in [0.1, 0.15) is 0 Å². The highest BCUT2D eigenvalue weighted by Crippen LogP contribution is 2.32. The first-order valence-corrected chi connectivity index (χ1v) is 15.0. The van der Waals surface area contributed by atoms with Crippen molar-refractivity contribution in [2.45, 2.75) is 64.6 Å². The first-order valence-electron chi connectivity index (χ1n) is 14.6. The second-order valence-corrected chi connectivity index (χ2v) is 12.2. The number of halogens is 1. The van der Waals surface area contributed by atoms with Crippen molar-refractivity contribution in [2.24, 2.45) is 11.8 Å². The van der Waals surface area contributed by atoms with Crippen molar-refractivity contribution in [3.63, 3.8) is 0 Å². The molecule has 9 nitrogen and oxygen atoms in total. The van der Waals surface area contributed by atoms with E-state index in [1.54, 1.807) is 34.4 Å². The van der Waals surface area contributed by atoms with Crippen molar-refractivity contribution < 1.29 is 9.21 Å². The second-order valence-electron chi connectivity index (χ2n) is 11.8. The van der Waals surface area contributed by atoms with E-state index in [1.165, 1.54) is 0 Å². The molecule has 10 heteroatoms. The Hall–Kier alpha value is -4.11. The van der Waals surface area contributed by atoms with Gasteiger partial charge >= 0.3 is 11.4 Å². The normalized spacial score (nSPS) is 19.0. The molecule has 0 aliphatic heterocycles. The highest BCUT2D eigenvalue weighted by atomic mass is 35.5. The minimum absolute atomic E-state index is 0.0683. The van der Waals surface area contributed by atoms with Crippen LogP contribution in [0, 0.1) is 18.8 Å². The summed E-state index contributed by atoms with van der Waals surface area (Å²) in [5.41, 5.74) is 4.65. The minimum atomic E-state index is -0.352. The Morgan fingerprint density at radius 2 is 1.62 bits per heavy atom. The summed E-state index contributed by atoms with van der Waals surface area (Å²) in [7, 11) is 0. The Labute approximate surface area is 246 Å². The van der Waals surface area contributed by atoms with E-state index in [0.717, 1.165) is 55.1 Å². The van der Waals surface area contributed by atoms with Crippen LogP contribution in [0.3, 0.4) is 0 Å². The molecule has 216 valence electrons. The molecule has 2 aliphatic rings. The van der Waals surface area contributed by atoms with Crippen LogP contribution in [0.1, 0.15) is 54.6 Å². The summed E-state index contributed by atoms with van der Waals surface area (Å²) >= 11 is 6.06. The largest absolute Gasteiger partial charge is 0.419 e. The number of carbonyl (C=O) groups excluding carboxylic acids is 1. The number of para-hydroxylation sites is 2. The Balaban J connectivity index is 1.11. The summed E-state index contributed by atoms with van der Waals surface area (Å²) < 4.78 is 10.9. The molecule has 3 aromatic heterocycles. The Kier molecular flexibility index (Phi) is 6.77. The summed E-state index contributed by atoms with van der Waals surface area (Å²) in [5, 5.41) is 3.59. The standard InChI is InChI=1S/C32H32ClN5O4/c1-19-25(14-22(33)16-34-19)30(39)35-23-10-8-21(9-11-23)17-36-26-4-2-3-5-27(26)38(31(36)40)24-12-13-28-29(15-24)42-32(41)37(28)18-20-6-7-20/h2-5,12-16,20-21,23H,6-11,17-18H2,1H3,(H,35,39)/t21-,23-. The van der Waals surface area contributed by atoms with Gasteiger partial charge in [-0.2, -0.15) is 0 Å². The number of nitrogens with one attached hydrogen (secondary N) is 1. The third-order valence-electron chi connectivity index (χ3n) is 8.80. The second kappa shape index (κ2) is 10.6. The van der Waals surface area contributed by atoms with Gasteiger partial charge in [-0.1, -0.05) is 23.7 Å². The van der Waals surface area contributed by atoms with E-state index in [1.807, 2.05) is 41.0 Å². The molecule has 7 rings (SSSR count). The molecule has 2 fully saturated rings. The van der Waals surface area contributed by atoms with Gasteiger partial charge in [0.25, 0.3) is 5.91 Å². The number of aromatic nitrogens is 4. The van der Waals surface area contributed by atoms with E-state index in [9.17, 15) is 14.4 Å². The van der Waals surface area contributed by atoms with Gasteiger partial charge in [0.2, 0.25) is 0 Å². The molecule has 3 heterocycles. The molecule has 0 bridgehead atoms. The maximum absolute atomic E-state index is 13.9. The monoisotopic (exact) mass is 585 g/mol. The Morgan fingerprint density at radius 3 is 2.36 bits per heavy atom. The van der Waals surface area contributed by atoms with Crippen LogP contribution < -0.4 is 16.8 Å². The van der Waals surface area contributed by atoms with Crippen LogP contribution in [0.5, 0.6) is 0 Å². The molecule has 0 saturated heterocycles. The van der Waals surface area contributed by atoms with Crippen LogP contribution >= 0.6 is 11.6 Å². The van der Waals surface area contributed by atoms with Gasteiger partial charge < -0.3 is 9.73 Å². The molecule has 42 heavy (non-hydrogen) atoms. The predicted molar refractivity (Wildman–Crippen MR) is 161 cm³/mol. The number of imidazole rings is 1. The van der Waals surface area contributed by atoms with Crippen molar-refractivity contribution in [3.8, 4) is 5.69 Å². The number of carbonyl (C=O) groups is 1. The molecule has 0 radical (unpaired) electrons. The summed E-state index contributed by atoms with van der Waals surface area (Å²) in [6.07, 6.45) is 7.30. The van der Waals surface area contributed by atoms with Crippen LogP contribution in [0.25, 0.3) is 27.8 Å². The molecule has 2 aromatic carbocycles. The van der Waals surface area contributed by atoms with E-state index in [4.69, 9.17) is 16.0 Å². The minimum Gasteiger partial charge on any atom is -0.408 e. The molecular formula is C32H32ClN5O4. The van der Waals surface area contributed by atoms with Crippen molar-refractivity contribution in [3.05, 3.63) is 92.0 Å². The van der Waals surface area contributed by atoms with E-state index in [-0.39, 0.29) is 23.4 Å². The number of oxazole rings is 1. The third kappa shape index (κ3) is 4.96. The highest BCUT2D eigenvalue weighted by molar-refractivity contribution is 6.30. The lowest BCUT2D eigenvalue weighted by atomic mass is 9.85. The quantitative estimate of drug-likeness (QED) is 0.273. The molecule has 1 amide bonds. The summed E-state index contributed by atoms with van der Waals surface area (Å²) in [4.78, 5) is 43.5. The lowest BCUT2D eigenvalue weighted by molar-refractivity contribution is 0.0919. The summed E-state index contributed by atoms with van der Waals surface area (Å²) in [6.45, 7) is 3.07. The number of fused-ring (bicyclic) bond motifs is 2. The molecule has 5 aromatic rings. The summed E-state index contributed by atoms with van der Waals surface area (Å²) in [5.74, 6) is 0.345. The van der Waals surface area contributed by atoms with Crippen LogP contribution in [-0.4, -0.2) is 30.6 Å². The number of nitrogens with zero attached hydrogens (tertiary/aromatic N) is 4. The van der Waals surface area contributed by atoms with Crippen LogP contribution in [0.15, 0.2) is 68.7 Å². The first-order chi connectivity index (χ1) is 20.4. The predicted octanol–water partition coefficient (Wildman–Crippen LogP) is 5.46. The van der Waals surface area contributed by atoms with E-state index < -0.39 is 0 Å². The van der Waals surface area contributed by atoms with E-state index >= 15 is 0 Å². The van der Waals surface area contributed by atoms with Gasteiger partial charge in [0.15, 0.2) is 5.58 Å². The third-order valence-corrected chi connectivity index (χ3v) is 9.01. The smallest absolute Gasteiger partial charge is 0.408 e. The number of rotatable bonds is 7. The van der Waals surface area contributed by atoms with Crippen molar-refractivity contribution in [2.75, 3.05) is 0 Å². The van der Waals surface area contributed by atoms with Crippen LogP contribution in [0.4, 0.5) is 0 Å². The first kappa shape index (κ1) is 26.8. The maximum Gasteiger partial charge on any atom is 0.419 e. The van der Waals surface area contributed by atoms with Gasteiger partial charge in [-0.05, 0) is 87.6 Å². The van der Waals surface area contributed by atoms with Gasteiger partial charge in [-0.15, -0.1) is 0 Å². The van der Waals surface area contributed by atoms with Gasteiger partial charge in [0, 0.05) is 31.4 Å². The number of pyridine rings is 1. The Morgan fingerprint density at radius 1 is 0.929 bits per heavy atom. The molecule has 0 spiro atoms. The molecular weight excluding hydrogens is 554 g/mol. The fourth-order valence-corrected chi connectivity index (χ4v) is 6.47. The lowest BCUT2D eigenvalue weighted by Gasteiger charge is -2.29. The van der Waals surface area contributed by atoms with E-state index in [2.05, 4.69) is 10.3 Å². The average molecular weight is 586 g/mol. The summed E-state index contributed by atoms with van der Waals surface area (Å²) in [6, 6.07) is 15.1. The molecule has 0 atom stereocenters. The van der Waals surface area contributed by atoms with Gasteiger partial charge in [-0.3, -0.25) is 23.5 Å². The number of benzene rings is 2. The van der Waals surface area contributed by atoms with Crippen LogP contribution in [0.2, 0.25) is 5.02 Å². The number of hydrogen-bond acceptors (Lipinski definition) is 5. The zero-order valence-corrected chi connectivity index (χ0v) is 24.1. The van der Waals surface area contributed by atoms with Crippen LogP contribution in [-0.2, 0) is 13.1 Å². The lowest BCUT2D eigenvalue weighted by Crippen LogP contribution is -2.39. The average Bonchev–Trinajstić information content (AvgIpc) is 3.70. The van der Waals surface area contributed by atoms with Gasteiger partial charge in [-0.25, -0.2) is 9.59 Å². The van der Waals surface area contributed by atoms with Crippen molar-refractivity contribution >= 4 is 39.6 Å². The zero-order valence-electron chi connectivity index (χ0n) is 23.4. The van der Waals surface area contributed by atoms with Crippen molar-refractivity contribution in [1.29, 1.82) is 0 Å². The van der Waals surface area contributed by atoms with Gasteiger partial charge in [0.05, 0.1) is 38.5 Å². The zero-order chi connectivity index (χ0) is 29.0. The molecule has 1 N–H and O–H groups in total. The fourth-order valence-electron chi connectivity index (χ4n) is 6.31. The van der Waals surface area contributed by atoms with Crippen molar-refractivity contribution in [1.82, 2.24) is 24.0 Å². The SMILES string of the molecule is Cc1ncc(Cl)cc1C(=O)N[C@H]1CC[C@H](Cn2c(=O)n(-c3ccc4c(c3)oc(=O)n4CC3CC3)c3ccccc32)CC1.